The summed E-state index contributed by atoms with van der Waals surface area (Å²) < 4.78 is 14.8. The Bertz CT molecular complexity index is 1020. The molecule has 0 radical (unpaired) electrons. The van der Waals surface area contributed by atoms with E-state index in [1.165, 1.54) is 11.1 Å². The van der Waals surface area contributed by atoms with Gasteiger partial charge in [0.05, 0.1) is 5.69 Å². The van der Waals surface area contributed by atoms with Crippen LogP contribution in [0.15, 0.2) is 65.6 Å². The highest BCUT2D eigenvalue weighted by Crippen LogP contribution is 2.33. The number of rotatable bonds is 6. The number of anilines is 1. The predicted molar refractivity (Wildman–Crippen MR) is 131 cm³/mol. The Labute approximate surface area is 198 Å². The predicted octanol–water partition coefficient (Wildman–Crippen LogP) is 7.06. The zero-order chi connectivity index (χ0) is 21.8. The summed E-state index contributed by atoms with van der Waals surface area (Å²) in [5.41, 5.74) is 4.13. The molecule has 0 atom stereocenters. The van der Waals surface area contributed by atoms with Gasteiger partial charge in [-0.2, -0.15) is 0 Å². The fourth-order valence-electron chi connectivity index (χ4n) is 3.78. The first-order valence-electron chi connectivity index (χ1n) is 10.4. The second-order valence-corrected chi connectivity index (χ2v) is 9.76. The molecule has 6 heteroatoms. The minimum atomic E-state index is -0.139. The number of benzene rings is 3. The van der Waals surface area contributed by atoms with Crippen molar-refractivity contribution in [3.8, 4) is 0 Å². The van der Waals surface area contributed by atoms with Crippen LogP contribution < -0.4 is 4.90 Å². The largest absolute Gasteiger partial charge is 0.367 e. The van der Waals surface area contributed by atoms with Crippen LogP contribution >= 0.6 is 35.0 Å². The molecule has 1 fully saturated rings. The van der Waals surface area contributed by atoms with E-state index in [1.807, 2.05) is 49.4 Å². The van der Waals surface area contributed by atoms with E-state index in [1.54, 1.807) is 17.8 Å². The van der Waals surface area contributed by atoms with E-state index < -0.39 is 0 Å². The highest BCUT2D eigenvalue weighted by Gasteiger charge is 2.21. The first-order valence-corrected chi connectivity index (χ1v) is 12.1. The van der Waals surface area contributed by atoms with Gasteiger partial charge in [-0.1, -0.05) is 47.5 Å². The van der Waals surface area contributed by atoms with Gasteiger partial charge in [-0.15, -0.1) is 11.8 Å². The van der Waals surface area contributed by atoms with Crippen molar-refractivity contribution in [1.29, 1.82) is 0 Å². The third kappa shape index (κ3) is 5.95. The summed E-state index contributed by atoms with van der Waals surface area (Å²) in [6.45, 7) is 6.31. The van der Waals surface area contributed by atoms with Crippen molar-refractivity contribution < 1.29 is 4.39 Å². The molecule has 0 aliphatic carbocycles. The van der Waals surface area contributed by atoms with Crippen molar-refractivity contribution in [2.24, 2.45) is 0 Å². The van der Waals surface area contributed by atoms with Crippen molar-refractivity contribution in [3.63, 3.8) is 0 Å². The Kier molecular flexibility index (Phi) is 7.44. The Hall–Kier alpha value is -1.72. The standard InChI is InChI=1S/C25H25Cl2FN2S/c1-18-14-23(28)24(15-25(18)31-17-20-4-8-22(27)9-5-20)30-12-10-29(11-13-30)16-19-2-6-21(26)7-3-19/h2-9,14-15H,10-13,16-17H2,1H3. The molecule has 3 aromatic rings. The number of hydrogen-bond acceptors (Lipinski definition) is 3. The molecular formula is C25H25Cl2FN2S. The summed E-state index contributed by atoms with van der Waals surface area (Å²) in [6, 6.07) is 19.6. The molecule has 162 valence electrons. The monoisotopic (exact) mass is 474 g/mol. The molecule has 1 aliphatic heterocycles. The molecule has 3 aromatic carbocycles. The molecule has 0 saturated carbocycles. The van der Waals surface area contributed by atoms with Gasteiger partial charge >= 0.3 is 0 Å². The number of piperazine rings is 1. The number of halogens is 3. The van der Waals surface area contributed by atoms with Gasteiger partial charge in [0.1, 0.15) is 5.82 Å². The van der Waals surface area contributed by atoms with Crippen LogP contribution in [-0.2, 0) is 12.3 Å². The minimum Gasteiger partial charge on any atom is -0.367 e. The van der Waals surface area contributed by atoms with Gasteiger partial charge in [0.15, 0.2) is 0 Å². The molecule has 0 unspecified atom stereocenters. The molecule has 4 rings (SSSR count). The molecule has 0 aromatic heterocycles. The van der Waals surface area contributed by atoms with Gasteiger partial charge in [0, 0.05) is 53.4 Å². The Balaban J connectivity index is 1.39. The second-order valence-electron chi connectivity index (χ2n) is 7.87. The lowest BCUT2D eigenvalue weighted by Crippen LogP contribution is -2.46. The molecule has 1 aliphatic rings. The average Bonchev–Trinajstić information content (AvgIpc) is 2.77. The van der Waals surface area contributed by atoms with Crippen molar-refractivity contribution in [2.45, 2.75) is 24.1 Å². The topological polar surface area (TPSA) is 6.48 Å². The van der Waals surface area contributed by atoms with Crippen LogP contribution in [0.1, 0.15) is 16.7 Å². The van der Waals surface area contributed by atoms with E-state index in [2.05, 4.69) is 21.9 Å². The average molecular weight is 475 g/mol. The van der Waals surface area contributed by atoms with E-state index >= 15 is 0 Å². The zero-order valence-corrected chi connectivity index (χ0v) is 19.8. The Morgan fingerprint density at radius 2 is 1.42 bits per heavy atom. The lowest BCUT2D eigenvalue weighted by Gasteiger charge is -2.36. The van der Waals surface area contributed by atoms with Crippen molar-refractivity contribution >= 4 is 40.7 Å². The van der Waals surface area contributed by atoms with E-state index in [9.17, 15) is 4.39 Å². The molecule has 0 spiro atoms. The maximum Gasteiger partial charge on any atom is 0.146 e. The lowest BCUT2D eigenvalue weighted by molar-refractivity contribution is 0.249. The highest BCUT2D eigenvalue weighted by atomic mass is 35.5. The van der Waals surface area contributed by atoms with E-state index in [4.69, 9.17) is 23.2 Å². The molecule has 31 heavy (non-hydrogen) atoms. The van der Waals surface area contributed by atoms with E-state index in [0.29, 0.717) is 5.69 Å². The van der Waals surface area contributed by atoms with Crippen LogP contribution in [0.3, 0.4) is 0 Å². The molecular weight excluding hydrogens is 450 g/mol. The third-order valence-electron chi connectivity index (χ3n) is 5.58. The summed E-state index contributed by atoms with van der Waals surface area (Å²) in [5.74, 6) is 0.692. The van der Waals surface area contributed by atoms with Gasteiger partial charge < -0.3 is 4.90 Å². The first kappa shape index (κ1) is 22.5. The van der Waals surface area contributed by atoms with Crippen molar-refractivity contribution in [3.05, 3.63) is 93.2 Å². The fourth-order valence-corrected chi connectivity index (χ4v) is 5.02. The van der Waals surface area contributed by atoms with Gasteiger partial charge in [0.2, 0.25) is 0 Å². The molecule has 1 heterocycles. The van der Waals surface area contributed by atoms with Crippen molar-refractivity contribution in [1.82, 2.24) is 4.90 Å². The molecule has 1 saturated heterocycles. The summed E-state index contributed by atoms with van der Waals surface area (Å²) in [5, 5.41) is 1.50. The van der Waals surface area contributed by atoms with Gasteiger partial charge in [-0.25, -0.2) is 4.39 Å². The van der Waals surface area contributed by atoms with Crippen molar-refractivity contribution in [2.75, 3.05) is 31.1 Å². The summed E-state index contributed by atoms with van der Waals surface area (Å²) >= 11 is 13.7. The Morgan fingerprint density at radius 1 is 0.839 bits per heavy atom. The van der Waals surface area contributed by atoms with Crippen LogP contribution in [0.5, 0.6) is 0 Å². The van der Waals surface area contributed by atoms with Crippen LogP contribution in [0.25, 0.3) is 0 Å². The third-order valence-corrected chi connectivity index (χ3v) is 7.32. The summed E-state index contributed by atoms with van der Waals surface area (Å²) in [4.78, 5) is 5.69. The molecule has 0 bridgehead atoms. The maximum absolute atomic E-state index is 14.8. The second kappa shape index (κ2) is 10.3. The lowest BCUT2D eigenvalue weighted by atomic mass is 10.1. The minimum absolute atomic E-state index is 0.139. The molecule has 2 nitrogen and oxygen atoms in total. The first-order chi connectivity index (χ1) is 15.0. The van der Waals surface area contributed by atoms with Crippen LogP contribution in [0.4, 0.5) is 10.1 Å². The number of hydrogen-bond donors (Lipinski definition) is 0. The maximum atomic E-state index is 14.8. The summed E-state index contributed by atoms with van der Waals surface area (Å²) in [7, 11) is 0. The number of aryl methyl sites for hydroxylation is 1. The van der Waals surface area contributed by atoms with Gasteiger partial charge in [-0.05, 0) is 60.0 Å². The smallest absolute Gasteiger partial charge is 0.146 e. The zero-order valence-electron chi connectivity index (χ0n) is 17.5. The fraction of sp³-hybridized carbons (Fsp3) is 0.280. The normalized spacial score (nSPS) is 14.8. The van der Waals surface area contributed by atoms with Gasteiger partial charge in [0.25, 0.3) is 0 Å². The quantitative estimate of drug-likeness (QED) is 0.353. The number of nitrogens with zero attached hydrogens (tertiary/aromatic N) is 2. The SMILES string of the molecule is Cc1cc(F)c(N2CCN(Cc3ccc(Cl)cc3)CC2)cc1SCc1ccc(Cl)cc1. The highest BCUT2D eigenvalue weighted by molar-refractivity contribution is 7.98. The van der Waals surface area contributed by atoms with Crippen LogP contribution in [-0.4, -0.2) is 31.1 Å². The van der Waals surface area contributed by atoms with Crippen LogP contribution in [0, 0.1) is 12.7 Å². The molecule has 0 amide bonds. The van der Waals surface area contributed by atoms with Crippen LogP contribution in [0.2, 0.25) is 10.0 Å². The van der Waals surface area contributed by atoms with E-state index in [-0.39, 0.29) is 5.82 Å². The Morgan fingerprint density at radius 3 is 2.03 bits per heavy atom. The summed E-state index contributed by atoms with van der Waals surface area (Å²) in [6.07, 6.45) is 0. The van der Waals surface area contributed by atoms with Gasteiger partial charge in [-0.3, -0.25) is 4.90 Å². The molecule has 0 N–H and O–H groups in total. The van der Waals surface area contributed by atoms with E-state index in [0.717, 1.165) is 59.0 Å². The number of thioether (sulfide) groups is 1.